The van der Waals surface area contributed by atoms with E-state index in [1.54, 1.807) is 42.7 Å². The fourth-order valence-electron chi connectivity index (χ4n) is 4.04. The summed E-state index contributed by atoms with van der Waals surface area (Å²) in [7, 11) is 2.14. The number of rotatable bonds is 7. The summed E-state index contributed by atoms with van der Waals surface area (Å²) in [6.07, 6.45) is 5.36. The first kappa shape index (κ1) is 23.1. The minimum atomic E-state index is -0.280. The highest BCUT2D eigenvalue weighted by Gasteiger charge is 2.20. The van der Waals surface area contributed by atoms with E-state index in [2.05, 4.69) is 42.5 Å². The number of pyridine rings is 2. The molecule has 0 spiro atoms. The molecule has 180 valence electrons. The molecule has 1 aliphatic heterocycles. The lowest BCUT2D eigenvalue weighted by Crippen LogP contribution is -2.36. The van der Waals surface area contributed by atoms with Gasteiger partial charge in [-0.2, -0.15) is 0 Å². The van der Waals surface area contributed by atoms with Crippen LogP contribution < -0.4 is 15.4 Å². The maximum atomic E-state index is 12.1. The average Bonchev–Trinajstić information content (AvgIpc) is 3.31. The second kappa shape index (κ2) is 10.3. The van der Waals surface area contributed by atoms with Gasteiger partial charge < -0.3 is 25.3 Å². The van der Waals surface area contributed by atoms with Crippen molar-refractivity contribution in [2.75, 3.05) is 37.4 Å². The number of carbonyl (C=O) groups excluding carboxylic acids is 1. The van der Waals surface area contributed by atoms with Crippen molar-refractivity contribution in [1.82, 2.24) is 24.8 Å². The van der Waals surface area contributed by atoms with Gasteiger partial charge >= 0.3 is 0 Å². The predicted molar refractivity (Wildman–Crippen MR) is 137 cm³/mol. The van der Waals surface area contributed by atoms with Crippen LogP contribution >= 0.6 is 11.6 Å². The molecule has 1 aromatic carbocycles. The van der Waals surface area contributed by atoms with Crippen LogP contribution in [-0.4, -0.2) is 63.5 Å². The number of H-pyrrole nitrogens is 1. The summed E-state index contributed by atoms with van der Waals surface area (Å²) in [4.78, 5) is 30.9. The van der Waals surface area contributed by atoms with Gasteiger partial charge in [-0.25, -0.2) is 15.0 Å². The molecule has 35 heavy (non-hydrogen) atoms. The van der Waals surface area contributed by atoms with Crippen LogP contribution in [0.25, 0.3) is 22.6 Å². The van der Waals surface area contributed by atoms with Crippen LogP contribution in [0.4, 0.5) is 11.5 Å². The lowest BCUT2D eigenvalue weighted by atomic mass is 10.1. The normalized spacial score (nSPS) is 14.7. The van der Waals surface area contributed by atoms with Crippen molar-refractivity contribution >= 4 is 40.2 Å². The van der Waals surface area contributed by atoms with Crippen molar-refractivity contribution in [3.05, 3.63) is 59.9 Å². The Bertz CT molecular complexity index is 1300. The number of benzene rings is 1. The highest BCUT2D eigenvalue weighted by atomic mass is 35.5. The molecule has 5 rings (SSSR count). The summed E-state index contributed by atoms with van der Waals surface area (Å²) < 4.78 is 5.60. The number of halogens is 1. The number of hydrogen-bond acceptors (Lipinski definition) is 7. The van der Waals surface area contributed by atoms with Gasteiger partial charge in [-0.05, 0) is 69.4 Å². The molecule has 0 atom stereocenters. The minimum Gasteiger partial charge on any atom is -0.484 e. The summed E-state index contributed by atoms with van der Waals surface area (Å²) in [6.45, 7) is 1.99. The fraction of sp³-hybridized carbons (Fsp3) is 0.280. The predicted octanol–water partition coefficient (Wildman–Crippen LogP) is 4.20. The van der Waals surface area contributed by atoms with E-state index in [0.717, 1.165) is 42.7 Å². The molecule has 1 aliphatic rings. The molecule has 0 bridgehead atoms. The van der Waals surface area contributed by atoms with Gasteiger partial charge in [0.2, 0.25) is 0 Å². The zero-order chi connectivity index (χ0) is 24.2. The Morgan fingerprint density at radius 1 is 1.17 bits per heavy atom. The number of piperidine rings is 1. The lowest BCUT2D eigenvalue weighted by molar-refractivity contribution is -0.118. The Morgan fingerprint density at radius 3 is 2.71 bits per heavy atom. The van der Waals surface area contributed by atoms with Gasteiger partial charge in [0.05, 0.1) is 16.9 Å². The number of aromatic amines is 1. The summed E-state index contributed by atoms with van der Waals surface area (Å²) in [6, 6.07) is 13.0. The van der Waals surface area contributed by atoms with Crippen molar-refractivity contribution < 1.29 is 9.53 Å². The molecule has 9 nitrogen and oxygen atoms in total. The van der Waals surface area contributed by atoms with Gasteiger partial charge in [0.25, 0.3) is 5.91 Å². The Labute approximate surface area is 207 Å². The molecule has 1 fully saturated rings. The Hall–Kier alpha value is -3.69. The monoisotopic (exact) mass is 491 g/mol. The van der Waals surface area contributed by atoms with Crippen LogP contribution in [0, 0.1) is 0 Å². The maximum absolute atomic E-state index is 12.1. The second-order valence-corrected chi connectivity index (χ2v) is 8.97. The first-order chi connectivity index (χ1) is 17.0. The molecule has 1 amide bonds. The van der Waals surface area contributed by atoms with Gasteiger partial charge in [0, 0.05) is 17.8 Å². The molecule has 3 aromatic heterocycles. The zero-order valence-electron chi connectivity index (χ0n) is 19.3. The second-order valence-electron chi connectivity index (χ2n) is 8.56. The SMILES string of the molecule is CN1CCC(Nc2c(Cl)cnc3nc(-c4ccc(OCC(=O)Nc5ccccn5)cc4)[nH]c23)CC1. The molecule has 3 N–H and O–H groups in total. The Balaban J connectivity index is 1.26. The number of carbonyl (C=O) groups is 1. The van der Waals surface area contributed by atoms with Crippen molar-refractivity contribution in [3.63, 3.8) is 0 Å². The first-order valence-corrected chi connectivity index (χ1v) is 11.9. The van der Waals surface area contributed by atoms with Crippen molar-refractivity contribution in [2.24, 2.45) is 0 Å². The first-order valence-electron chi connectivity index (χ1n) is 11.5. The molecule has 1 saturated heterocycles. The molecular formula is C25H26ClN7O2. The van der Waals surface area contributed by atoms with E-state index in [9.17, 15) is 4.79 Å². The van der Waals surface area contributed by atoms with E-state index in [1.807, 2.05) is 12.1 Å². The zero-order valence-corrected chi connectivity index (χ0v) is 20.0. The molecule has 0 saturated carbocycles. The number of imidazole rings is 1. The van der Waals surface area contributed by atoms with Crippen molar-refractivity contribution in [1.29, 1.82) is 0 Å². The highest BCUT2D eigenvalue weighted by molar-refractivity contribution is 6.34. The lowest BCUT2D eigenvalue weighted by Gasteiger charge is -2.30. The fourth-order valence-corrected chi connectivity index (χ4v) is 4.24. The molecule has 0 radical (unpaired) electrons. The van der Waals surface area contributed by atoms with E-state index in [-0.39, 0.29) is 12.5 Å². The molecule has 0 unspecified atom stereocenters. The smallest absolute Gasteiger partial charge is 0.263 e. The van der Waals surface area contributed by atoms with E-state index >= 15 is 0 Å². The van der Waals surface area contributed by atoms with Crippen molar-refractivity contribution in [2.45, 2.75) is 18.9 Å². The summed E-state index contributed by atoms with van der Waals surface area (Å²) in [5, 5.41) is 6.86. The number of aromatic nitrogens is 4. The number of anilines is 2. The number of nitrogens with one attached hydrogen (secondary N) is 3. The standard InChI is InChI=1S/C25H26ClN7O2/c1-33-12-9-17(10-13-33)29-22-19(26)14-28-25-23(22)31-24(32-25)16-5-7-18(8-6-16)35-15-21(34)30-20-4-2-3-11-27-20/h2-8,11,14,17H,9-10,12-13,15H2,1H3,(H,27,30,34)(H2,28,29,31,32). The summed E-state index contributed by atoms with van der Waals surface area (Å²) in [5.74, 6) is 1.46. The third kappa shape index (κ3) is 5.52. The van der Waals surface area contributed by atoms with Crippen LogP contribution in [0.1, 0.15) is 12.8 Å². The van der Waals surface area contributed by atoms with Crippen LogP contribution in [0.3, 0.4) is 0 Å². The number of likely N-dealkylation sites (tertiary alicyclic amines) is 1. The number of amides is 1. The number of nitrogens with zero attached hydrogens (tertiary/aromatic N) is 4. The third-order valence-electron chi connectivity index (χ3n) is 5.97. The topological polar surface area (TPSA) is 108 Å². The van der Waals surface area contributed by atoms with Crippen molar-refractivity contribution in [3.8, 4) is 17.1 Å². The van der Waals surface area contributed by atoms with E-state index in [1.165, 1.54) is 0 Å². The van der Waals surface area contributed by atoms with Crippen LogP contribution in [0.2, 0.25) is 5.02 Å². The van der Waals surface area contributed by atoms with E-state index in [4.69, 9.17) is 16.3 Å². The third-order valence-corrected chi connectivity index (χ3v) is 6.26. The van der Waals surface area contributed by atoms with Crippen LogP contribution in [0.15, 0.2) is 54.9 Å². The minimum absolute atomic E-state index is 0.116. The quantitative estimate of drug-likeness (QED) is 0.355. The summed E-state index contributed by atoms with van der Waals surface area (Å²) in [5.41, 5.74) is 3.10. The van der Waals surface area contributed by atoms with Crippen LogP contribution in [-0.2, 0) is 4.79 Å². The molecule has 0 aliphatic carbocycles. The highest BCUT2D eigenvalue weighted by Crippen LogP contribution is 2.32. The van der Waals surface area contributed by atoms with Crippen LogP contribution in [0.5, 0.6) is 5.75 Å². The summed E-state index contributed by atoms with van der Waals surface area (Å²) >= 11 is 6.50. The maximum Gasteiger partial charge on any atom is 0.263 e. The van der Waals surface area contributed by atoms with Gasteiger partial charge in [-0.15, -0.1) is 0 Å². The number of fused-ring (bicyclic) bond motifs is 1. The number of hydrogen-bond donors (Lipinski definition) is 3. The largest absolute Gasteiger partial charge is 0.484 e. The Kier molecular flexibility index (Phi) is 6.78. The molecule has 10 heteroatoms. The average molecular weight is 492 g/mol. The molecule has 4 aromatic rings. The number of ether oxygens (including phenoxy) is 1. The van der Waals surface area contributed by atoms with Gasteiger partial charge in [-0.1, -0.05) is 17.7 Å². The van der Waals surface area contributed by atoms with Gasteiger partial charge in [-0.3, -0.25) is 4.79 Å². The molecule has 4 heterocycles. The van der Waals surface area contributed by atoms with E-state index < -0.39 is 0 Å². The molecular weight excluding hydrogens is 466 g/mol. The van der Waals surface area contributed by atoms with Gasteiger partial charge in [0.1, 0.15) is 22.9 Å². The van der Waals surface area contributed by atoms with Gasteiger partial charge in [0.15, 0.2) is 12.3 Å². The van der Waals surface area contributed by atoms with E-state index in [0.29, 0.717) is 34.1 Å². The Morgan fingerprint density at radius 2 is 1.97 bits per heavy atom.